The van der Waals surface area contributed by atoms with Gasteiger partial charge in [-0.05, 0) is 37.6 Å². The molecule has 0 saturated carbocycles. The molecule has 0 fully saturated rings. The number of rotatable bonds is 10. The Morgan fingerprint density at radius 3 is 2.22 bits per heavy atom. The van der Waals surface area contributed by atoms with E-state index in [-0.39, 0.29) is 18.4 Å². The van der Waals surface area contributed by atoms with Gasteiger partial charge in [-0.15, -0.1) is 0 Å². The van der Waals surface area contributed by atoms with Crippen LogP contribution < -0.4 is 20.9 Å². The molecule has 0 atom stereocenters. The van der Waals surface area contributed by atoms with Gasteiger partial charge in [0.25, 0.3) is 0 Å². The van der Waals surface area contributed by atoms with Crippen molar-refractivity contribution in [1.82, 2.24) is 10.6 Å². The van der Waals surface area contributed by atoms with Gasteiger partial charge in [0, 0.05) is 44.0 Å². The van der Waals surface area contributed by atoms with Crippen LogP contribution in [-0.4, -0.2) is 38.1 Å². The van der Waals surface area contributed by atoms with E-state index in [4.69, 9.17) is 0 Å². The topological polar surface area (TPSA) is 73.5 Å². The van der Waals surface area contributed by atoms with Crippen LogP contribution in [0.15, 0.2) is 60.7 Å². The van der Waals surface area contributed by atoms with Crippen molar-refractivity contribution in [2.75, 3.05) is 36.4 Å². The number of urea groups is 1. The summed E-state index contributed by atoms with van der Waals surface area (Å²) in [5.74, 6) is -0.0576. The first-order valence-corrected chi connectivity index (χ1v) is 9.35. The highest BCUT2D eigenvalue weighted by Gasteiger charge is 2.06. The Hall–Kier alpha value is -3.02. The van der Waals surface area contributed by atoms with Crippen molar-refractivity contribution in [3.63, 3.8) is 0 Å². The normalized spacial score (nSPS) is 10.1. The number of nitrogens with zero attached hydrogens (tertiary/aromatic N) is 1. The second-order valence-electron chi connectivity index (χ2n) is 6.12. The molecule has 3 amide bonds. The lowest BCUT2D eigenvalue weighted by Crippen LogP contribution is -2.34. The molecule has 0 aliphatic rings. The third-order valence-corrected chi connectivity index (χ3v) is 4.10. The van der Waals surface area contributed by atoms with Crippen molar-refractivity contribution in [3.8, 4) is 0 Å². The summed E-state index contributed by atoms with van der Waals surface area (Å²) in [5.41, 5.74) is 1.92. The number of anilines is 2. The van der Waals surface area contributed by atoms with Crippen LogP contribution in [0.1, 0.15) is 19.8 Å². The SMILES string of the molecule is CCN(CCCNC(=O)CCNC(=O)Nc1ccccc1)c1ccccc1. The standard InChI is InChI=1S/C21H28N4O2/c1-2-25(19-12-7-4-8-13-19)17-9-15-22-20(26)14-16-23-21(27)24-18-10-5-3-6-11-18/h3-8,10-13H,2,9,14-17H2,1H3,(H,22,26)(H2,23,24,27). The third kappa shape index (κ3) is 7.81. The summed E-state index contributed by atoms with van der Waals surface area (Å²) >= 11 is 0. The minimum absolute atomic E-state index is 0.0576. The molecular formula is C21H28N4O2. The summed E-state index contributed by atoms with van der Waals surface area (Å²) in [6.07, 6.45) is 1.13. The number of hydrogen-bond donors (Lipinski definition) is 3. The quantitative estimate of drug-likeness (QED) is 0.564. The van der Waals surface area contributed by atoms with Crippen molar-refractivity contribution in [2.45, 2.75) is 19.8 Å². The fourth-order valence-electron chi connectivity index (χ4n) is 2.68. The number of benzene rings is 2. The first-order chi connectivity index (χ1) is 13.2. The van der Waals surface area contributed by atoms with Crippen LogP contribution in [0.5, 0.6) is 0 Å². The third-order valence-electron chi connectivity index (χ3n) is 4.10. The summed E-state index contributed by atoms with van der Waals surface area (Å²) in [6.45, 7) is 4.86. The highest BCUT2D eigenvalue weighted by molar-refractivity contribution is 5.89. The fraction of sp³-hybridized carbons (Fsp3) is 0.333. The first kappa shape index (κ1) is 20.3. The van der Waals surface area contributed by atoms with E-state index in [2.05, 4.69) is 39.9 Å². The van der Waals surface area contributed by atoms with E-state index in [1.165, 1.54) is 5.69 Å². The van der Waals surface area contributed by atoms with Crippen LogP contribution in [-0.2, 0) is 4.79 Å². The van der Waals surface area contributed by atoms with E-state index in [9.17, 15) is 9.59 Å². The molecule has 2 rings (SSSR count). The molecule has 0 saturated heterocycles. The van der Waals surface area contributed by atoms with Gasteiger partial charge in [-0.2, -0.15) is 0 Å². The molecule has 0 unspecified atom stereocenters. The molecule has 0 spiro atoms. The van der Waals surface area contributed by atoms with Crippen LogP contribution in [0, 0.1) is 0 Å². The summed E-state index contributed by atoms with van der Waals surface area (Å²) in [5, 5.41) is 8.30. The summed E-state index contributed by atoms with van der Waals surface area (Å²) in [7, 11) is 0. The minimum atomic E-state index is -0.310. The van der Waals surface area contributed by atoms with E-state index < -0.39 is 0 Å². The van der Waals surface area contributed by atoms with E-state index in [0.29, 0.717) is 13.1 Å². The van der Waals surface area contributed by atoms with Crippen LogP contribution in [0.25, 0.3) is 0 Å². The second kappa shape index (κ2) is 11.6. The summed E-state index contributed by atoms with van der Waals surface area (Å²) < 4.78 is 0. The predicted molar refractivity (Wildman–Crippen MR) is 110 cm³/mol. The highest BCUT2D eigenvalue weighted by atomic mass is 16.2. The molecule has 0 bridgehead atoms. The Balaban J connectivity index is 1.56. The molecule has 2 aromatic rings. The van der Waals surface area contributed by atoms with E-state index in [0.717, 1.165) is 25.2 Å². The van der Waals surface area contributed by atoms with Gasteiger partial charge in [0.05, 0.1) is 0 Å². The van der Waals surface area contributed by atoms with Crippen molar-refractivity contribution >= 4 is 23.3 Å². The van der Waals surface area contributed by atoms with Crippen molar-refractivity contribution in [1.29, 1.82) is 0 Å². The zero-order valence-electron chi connectivity index (χ0n) is 15.8. The molecule has 0 aromatic heterocycles. The Morgan fingerprint density at radius 1 is 0.889 bits per heavy atom. The van der Waals surface area contributed by atoms with Gasteiger partial charge < -0.3 is 20.9 Å². The van der Waals surface area contributed by atoms with Crippen LogP contribution in [0.4, 0.5) is 16.2 Å². The number of amides is 3. The van der Waals surface area contributed by atoms with E-state index >= 15 is 0 Å². The monoisotopic (exact) mass is 368 g/mol. The van der Waals surface area contributed by atoms with Gasteiger partial charge in [0.2, 0.25) is 5.91 Å². The molecule has 3 N–H and O–H groups in total. The Labute approximate surface area is 161 Å². The predicted octanol–water partition coefficient (Wildman–Crippen LogP) is 3.23. The lowest BCUT2D eigenvalue weighted by molar-refractivity contribution is -0.120. The highest BCUT2D eigenvalue weighted by Crippen LogP contribution is 2.12. The Kier molecular flexibility index (Phi) is 8.69. The molecule has 6 heteroatoms. The van der Waals surface area contributed by atoms with Gasteiger partial charge in [-0.3, -0.25) is 4.79 Å². The van der Waals surface area contributed by atoms with E-state index in [1.807, 2.05) is 36.4 Å². The van der Waals surface area contributed by atoms with Crippen LogP contribution in [0.2, 0.25) is 0 Å². The Morgan fingerprint density at radius 2 is 1.56 bits per heavy atom. The van der Waals surface area contributed by atoms with Gasteiger partial charge in [-0.25, -0.2) is 4.79 Å². The van der Waals surface area contributed by atoms with Crippen LogP contribution >= 0.6 is 0 Å². The maximum Gasteiger partial charge on any atom is 0.319 e. The van der Waals surface area contributed by atoms with Crippen molar-refractivity contribution in [3.05, 3.63) is 60.7 Å². The molecule has 144 valence electrons. The number of carbonyl (C=O) groups is 2. The van der Waals surface area contributed by atoms with Gasteiger partial charge in [0.15, 0.2) is 0 Å². The molecule has 0 radical (unpaired) electrons. The zero-order valence-corrected chi connectivity index (χ0v) is 15.8. The molecular weight excluding hydrogens is 340 g/mol. The van der Waals surface area contributed by atoms with Crippen molar-refractivity contribution in [2.24, 2.45) is 0 Å². The number of para-hydroxylation sites is 2. The van der Waals surface area contributed by atoms with E-state index in [1.54, 1.807) is 12.1 Å². The number of hydrogen-bond acceptors (Lipinski definition) is 3. The number of carbonyl (C=O) groups excluding carboxylic acids is 2. The molecule has 27 heavy (non-hydrogen) atoms. The number of nitrogens with one attached hydrogen (secondary N) is 3. The molecule has 2 aromatic carbocycles. The van der Waals surface area contributed by atoms with Gasteiger partial charge in [-0.1, -0.05) is 36.4 Å². The van der Waals surface area contributed by atoms with Gasteiger partial charge >= 0.3 is 6.03 Å². The average Bonchev–Trinajstić information content (AvgIpc) is 2.69. The fourth-order valence-corrected chi connectivity index (χ4v) is 2.68. The molecule has 0 heterocycles. The Bertz CT molecular complexity index is 692. The maximum atomic E-state index is 11.9. The smallest absolute Gasteiger partial charge is 0.319 e. The lowest BCUT2D eigenvalue weighted by Gasteiger charge is -2.23. The summed E-state index contributed by atoms with van der Waals surface area (Å²) in [4.78, 5) is 25.9. The maximum absolute atomic E-state index is 11.9. The first-order valence-electron chi connectivity index (χ1n) is 9.35. The minimum Gasteiger partial charge on any atom is -0.372 e. The molecule has 6 nitrogen and oxygen atoms in total. The molecule has 0 aliphatic heterocycles. The lowest BCUT2D eigenvalue weighted by atomic mass is 10.2. The largest absolute Gasteiger partial charge is 0.372 e. The zero-order chi connectivity index (χ0) is 19.3. The van der Waals surface area contributed by atoms with Crippen LogP contribution in [0.3, 0.4) is 0 Å². The van der Waals surface area contributed by atoms with Gasteiger partial charge in [0.1, 0.15) is 0 Å². The summed E-state index contributed by atoms with van der Waals surface area (Å²) in [6, 6.07) is 19.1. The molecule has 0 aliphatic carbocycles. The average molecular weight is 368 g/mol. The van der Waals surface area contributed by atoms with Crippen molar-refractivity contribution < 1.29 is 9.59 Å². The second-order valence-corrected chi connectivity index (χ2v) is 6.12.